The van der Waals surface area contributed by atoms with Crippen LogP contribution in [0.3, 0.4) is 0 Å². The molecule has 2 amide bonds. The van der Waals surface area contributed by atoms with Crippen LogP contribution in [0.4, 0.5) is 4.79 Å². The first kappa shape index (κ1) is 14.5. The Bertz CT molecular complexity index is 446. The summed E-state index contributed by atoms with van der Waals surface area (Å²) >= 11 is 0. The molecule has 1 aromatic carbocycles. The van der Waals surface area contributed by atoms with Gasteiger partial charge in [0.15, 0.2) is 0 Å². The predicted octanol–water partition coefficient (Wildman–Crippen LogP) is 1.76. The number of hydrogen-bond acceptors (Lipinski definition) is 3. The highest BCUT2D eigenvalue weighted by molar-refractivity contribution is 5.82. The van der Waals surface area contributed by atoms with Crippen LogP contribution in [0.15, 0.2) is 35.4 Å². The van der Waals surface area contributed by atoms with Crippen LogP contribution in [0.1, 0.15) is 18.9 Å². The van der Waals surface area contributed by atoms with Gasteiger partial charge in [0.2, 0.25) is 0 Å². The molecule has 0 aromatic heterocycles. The summed E-state index contributed by atoms with van der Waals surface area (Å²) in [6, 6.07) is 9.83. The van der Waals surface area contributed by atoms with Crippen molar-refractivity contribution >= 4 is 12.2 Å². The summed E-state index contributed by atoms with van der Waals surface area (Å²) in [5.41, 5.74) is 1.01. The fourth-order valence-corrected chi connectivity index (χ4v) is 2.13. The quantitative estimate of drug-likeness (QED) is 0.608. The molecule has 0 unspecified atom stereocenters. The van der Waals surface area contributed by atoms with Crippen LogP contribution in [-0.4, -0.2) is 54.9 Å². The van der Waals surface area contributed by atoms with Crippen LogP contribution >= 0.6 is 0 Å². The smallest absolute Gasteiger partial charge is 0.321 e. The Morgan fingerprint density at radius 1 is 1.30 bits per heavy atom. The number of nitrogens with zero attached hydrogens (tertiary/aromatic N) is 3. The summed E-state index contributed by atoms with van der Waals surface area (Å²) < 4.78 is 0. The van der Waals surface area contributed by atoms with Gasteiger partial charge in [-0.1, -0.05) is 37.3 Å². The molecule has 5 heteroatoms. The molecule has 1 saturated heterocycles. The van der Waals surface area contributed by atoms with Crippen molar-refractivity contribution in [1.29, 1.82) is 0 Å². The summed E-state index contributed by atoms with van der Waals surface area (Å²) in [5, 5.41) is 9.08. The average molecular weight is 274 g/mol. The number of rotatable bonds is 7. The summed E-state index contributed by atoms with van der Waals surface area (Å²) in [5.74, 6) is 0. The van der Waals surface area contributed by atoms with E-state index in [-0.39, 0.29) is 6.03 Å². The molecule has 0 aliphatic carbocycles. The number of nitrogens with one attached hydrogen (secondary N) is 1. The second-order valence-electron chi connectivity index (χ2n) is 4.76. The van der Waals surface area contributed by atoms with Gasteiger partial charge in [0.05, 0.1) is 12.8 Å². The zero-order chi connectivity index (χ0) is 14.2. The maximum absolute atomic E-state index is 12.1. The molecule has 1 aliphatic rings. The fraction of sp³-hybridized carbons (Fsp3) is 0.467. The molecule has 1 aliphatic heterocycles. The standard InChI is InChI=1S/C15H22N4O/c1-2-16-9-6-10-18-11-12-19(15(18)20)17-13-14-7-4-3-5-8-14/h3-5,7-8,13,16H,2,6,9-12H2,1H3. The van der Waals surface area contributed by atoms with Crippen molar-refractivity contribution in [3.8, 4) is 0 Å². The lowest BCUT2D eigenvalue weighted by Crippen LogP contribution is -2.31. The van der Waals surface area contributed by atoms with E-state index in [0.29, 0.717) is 6.54 Å². The Morgan fingerprint density at radius 2 is 2.10 bits per heavy atom. The van der Waals surface area contributed by atoms with Gasteiger partial charge in [0.25, 0.3) is 0 Å². The number of amides is 2. The predicted molar refractivity (Wildman–Crippen MR) is 80.9 cm³/mol. The first-order valence-corrected chi connectivity index (χ1v) is 7.17. The van der Waals surface area contributed by atoms with E-state index in [9.17, 15) is 4.79 Å². The maximum Gasteiger partial charge on any atom is 0.340 e. The Balaban J connectivity index is 1.80. The monoisotopic (exact) mass is 274 g/mol. The van der Waals surface area contributed by atoms with Gasteiger partial charge >= 0.3 is 6.03 Å². The van der Waals surface area contributed by atoms with E-state index >= 15 is 0 Å². The van der Waals surface area contributed by atoms with Gasteiger partial charge in [0.1, 0.15) is 0 Å². The maximum atomic E-state index is 12.1. The first-order chi connectivity index (χ1) is 9.81. The van der Waals surface area contributed by atoms with Crippen LogP contribution in [0.5, 0.6) is 0 Å². The Hall–Kier alpha value is -1.88. The zero-order valence-corrected chi connectivity index (χ0v) is 12.0. The summed E-state index contributed by atoms with van der Waals surface area (Å²) in [4.78, 5) is 14.0. The molecule has 0 radical (unpaired) electrons. The third kappa shape index (κ3) is 4.06. The van der Waals surface area contributed by atoms with Gasteiger partial charge < -0.3 is 10.2 Å². The van der Waals surface area contributed by atoms with E-state index in [2.05, 4.69) is 17.3 Å². The lowest BCUT2D eigenvalue weighted by Gasteiger charge is -2.15. The largest absolute Gasteiger partial charge is 0.340 e. The van der Waals surface area contributed by atoms with Gasteiger partial charge in [0, 0.05) is 13.1 Å². The lowest BCUT2D eigenvalue weighted by molar-refractivity contribution is 0.193. The second kappa shape index (κ2) is 7.65. The highest BCUT2D eigenvalue weighted by atomic mass is 16.2. The van der Waals surface area contributed by atoms with Crippen LogP contribution in [0, 0.1) is 0 Å². The molecule has 5 nitrogen and oxygen atoms in total. The number of hydrogen-bond donors (Lipinski definition) is 1. The Morgan fingerprint density at radius 3 is 2.85 bits per heavy atom. The molecular weight excluding hydrogens is 252 g/mol. The fourth-order valence-electron chi connectivity index (χ4n) is 2.13. The van der Waals surface area contributed by atoms with E-state index in [1.165, 1.54) is 0 Å². The molecule has 1 N–H and O–H groups in total. The van der Waals surface area contributed by atoms with E-state index < -0.39 is 0 Å². The first-order valence-electron chi connectivity index (χ1n) is 7.17. The topological polar surface area (TPSA) is 47.9 Å². The minimum atomic E-state index is 0.00804. The normalized spacial score (nSPS) is 15.6. The molecule has 0 saturated carbocycles. The summed E-state index contributed by atoms with van der Waals surface area (Å²) in [7, 11) is 0. The van der Waals surface area contributed by atoms with Crippen molar-refractivity contribution in [3.05, 3.63) is 35.9 Å². The molecule has 1 fully saturated rings. The van der Waals surface area contributed by atoms with Gasteiger partial charge in [-0.15, -0.1) is 0 Å². The van der Waals surface area contributed by atoms with Gasteiger partial charge in [-0.2, -0.15) is 5.10 Å². The van der Waals surface area contributed by atoms with Crippen molar-refractivity contribution in [2.45, 2.75) is 13.3 Å². The van der Waals surface area contributed by atoms with E-state index in [4.69, 9.17) is 0 Å². The Labute approximate surface area is 120 Å². The molecule has 0 atom stereocenters. The molecule has 1 aromatic rings. The van der Waals surface area contributed by atoms with Crippen molar-refractivity contribution in [1.82, 2.24) is 15.2 Å². The van der Waals surface area contributed by atoms with E-state index in [1.54, 1.807) is 11.2 Å². The van der Waals surface area contributed by atoms with Crippen LogP contribution < -0.4 is 5.32 Å². The third-order valence-electron chi connectivity index (χ3n) is 3.25. The summed E-state index contributed by atoms with van der Waals surface area (Å²) in [6.45, 7) is 6.24. The van der Waals surface area contributed by atoms with E-state index in [0.717, 1.165) is 38.2 Å². The van der Waals surface area contributed by atoms with Crippen LogP contribution in [0.25, 0.3) is 0 Å². The SMILES string of the molecule is CCNCCCN1CCN(N=Cc2ccccc2)C1=O. The highest BCUT2D eigenvalue weighted by Gasteiger charge is 2.27. The molecular formula is C15H22N4O. The van der Waals surface area contributed by atoms with Crippen LogP contribution in [0.2, 0.25) is 0 Å². The molecule has 0 spiro atoms. The van der Waals surface area contributed by atoms with Crippen LogP contribution in [-0.2, 0) is 0 Å². The van der Waals surface area contributed by atoms with Gasteiger partial charge in [-0.05, 0) is 25.1 Å². The number of hydrazone groups is 1. The second-order valence-corrected chi connectivity index (χ2v) is 4.76. The number of urea groups is 1. The zero-order valence-electron chi connectivity index (χ0n) is 12.0. The number of carbonyl (C=O) groups excluding carboxylic acids is 1. The molecule has 2 rings (SSSR count). The lowest BCUT2D eigenvalue weighted by atomic mass is 10.2. The van der Waals surface area contributed by atoms with Gasteiger partial charge in [-0.25, -0.2) is 9.80 Å². The number of carbonyl (C=O) groups is 1. The van der Waals surface area contributed by atoms with E-state index in [1.807, 2.05) is 35.2 Å². The Kier molecular flexibility index (Phi) is 5.55. The molecule has 1 heterocycles. The highest BCUT2D eigenvalue weighted by Crippen LogP contribution is 2.09. The molecule has 108 valence electrons. The number of benzene rings is 1. The minimum absolute atomic E-state index is 0.00804. The summed E-state index contributed by atoms with van der Waals surface area (Å²) in [6.07, 6.45) is 2.72. The van der Waals surface area contributed by atoms with Crippen molar-refractivity contribution < 1.29 is 4.79 Å². The van der Waals surface area contributed by atoms with Gasteiger partial charge in [-0.3, -0.25) is 0 Å². The molecule has 20 heavy (non-hydrogen) atoms. The van der Waals surface area contributed by atoms with Crippen molar-refractivity contribution in [2.75, 3.05) is 32.7 Å². The minimum Gasteiger partial charge on any atom is -0.321 e. The third-order valence-corrected chi connectivity index (χ3v) is 3.25. The molecule has 0 bridgehead atoms. The van der Waals surface area contributed by atoms with Crippen molar-refractivity contribution in [2.24, 2.45) is 5.10 Å². The average Bonchev–Trinajstić information content (AvgIpc) is 2.83. The van der Waals surface area contributed by atoms with Crippen molar-refractivity contribution in [3.63, 3.8) is 0 Å².